The number of nitrogens with one attached hydrogen (secondary N) is 1. The highest BCUT2D eigenvalue weighted by Crippen LogP contribution is 2.27. The number of benzene rings is 1. The van der Waals surface area contributed by atoms with Crippen LogP contribution in [0.1, 0.15) is 11.1 Å². The zero-order valence-corrected chi connectivity index (χ0v) is 10.8. The lowest BCUT2D eigenvalue weighted by Crippen LogP contribution is -2.31. The summed E-state index contributed by atoms with van der Waals surface area (Å²) in [7, 11) is 0. The van der Waals surface area contributed by atoms with Crippen molar-refractivity contribution in [3.8, 4) is 5.75 Å². The van der Waals surface area contributed by atoms with Crippen LogP contribution in [-0.4, -0.2) is 35.7 Å². The van der Waals surface area contributed by atoms with Crippen molar-refractivity contribution in [2.45, 2.75) is 13.8 Å². The first-order valence-corrected chi connectivity index (χ1v) is 5.71. The monoisotopic (exact) mass is 268 g/mol. The molecule has 7 heteroatoms. The average molecular weight is 268 g/mol. The Morgan fingerprint density at radius 3 is 2.68 bits per heavy atom. The summed E-state index contributed by atoms with van der Waals surface area (Å²) in [4.78, 5) is 21.6. The number of carbonyl (C=O) groups excluding carboxylic acids is 1. The first-order valence-electron chi connectivity index (χ1n) is 5.71. The molecule has 0 aliphatic heterocycles. The van der Waals surface area contributed by atoms with E-state index < -0.39 is 10.8 Å². The smallest absolute Gasteiger partial charge is 0.276 e. The average Bonchev–Trinajstić information content (AvgIpc) is 2.34. The Morgan fingerprint density at radius 1 is 1.42 bits per heavy atom. The third-order valence-electron chi connectivity index (χ3n) is 2.48. The quantitative estimate of drug-likeness (QED) is 0.584. The van der Waals surface area contributed by atoms with Crippen LogP contribution in [0.25, 0.3) is 0 Å². The van der Waals surface area contributed by atoms with Crippen LogP contribution in [0.4, 0.5) is 5.69 Å². The second-order valence-electron chi connectivity index (χ2n) is 4.02. The standard InChI is InChI=1S/C12H16N2O5/c1-8-5-9(2)11(6-10(8)14(17)18)19-7-12(16)13-3-4-15/h5-6,15H,3-4,7H2,1-2H3,(H,13,16). The number of aliphatic hydroxyl groups is 1. The van der Waals surface area contributed by atoms with Gasteiger partial charge in [0.05, 0.1) is 17.6 Å². The van der Waals surface area contributed by atoms with Crippen LogP contribution in [0.5, 0.6) is 5.75 Å². The molecule has 1 amide bonds. The van der Waals surface area contributed by atoms with Crippen molar-refractivity contribution in [2.75, 3.05) is 19.8 Å². The number of hydrogen-bond acceptors (Lipinski definition) is 5. The fourth-order valence-electron chi connectivity index (χ4n) is 1.56. The van der Waals surface area contributed by atoms with Crippen LogP contribution in [-0.2, 0) is 4.79 Å². The summed E-state index contributed by atoms with van der Waals surface area (Å²) >= 11 is 0. The molecular formula is C12H16N2O5. The van der Waals surface area contributed by atoms with Crippen LogP contribution in [0.2, 0.25) is 0 Å². The van der Waals surface area contributed by atoms with Gasteiger partial charge in [-0.1, -0.05) is 0 Å². The van der Waals surface area contributed by atoms with Crippen molar-refractivity contribution in [1.29, 1.82) is 0 Å². The van der Waals surface area contributed by atoms with Crippen molar-refractivity contribution in [1.82, 2.24) is 5.32 Å². The number of carbonyl (C=O) groups is 1. The molecule has 0 saturated heterocycles. The number of ether oxygens (including phenoxy) is 1. The van der Waals surface area contributed by atoms with Gasteiger partial charge in [0.25, 0.3) is 11.6 Å². The van der Waals surface area contributed by atoms with Gasteiger partial charge in [-0.05, 0) is 25.5 Å². The van der Waals surface area contributed by atoms with Gasteiger partial charge in [-0.15, -0.1) is 0 Å². The molecule has 7 nitrogen and oxygen atoms in total. The third kappa shape index (κ3) is 4.22. The Kier molecular flexibility index (Phi) is 5.25. The molecule has 0 heterocycles. The van der Waals surface area contributed by atoms with E-state index in [2.05, 4.69) is 5.32 Å². The van der Waals surface area contributed by atoms with Crippen LogP contribution < -0.4 is 10.1 Å². The number of aryl methyl sites for hydroxylation is 2. The topological polar surface area (TPSA) is 102 Å². The van der Waals surface area contributed by atoms with Crippen LogP contribution >= 0.6 is 0 Å². The van der Waals surface area contributed by atoms with Crippen molar-refractivity contribution >= 4 is 11.6 Å². The molecule has 0 atom stereocenters. The van der Waals surface area contributed by atoms with E-state index in [0.29, 0.717) is 11.3 Å². The fourth-order valence-corrected chi connectivity index (χ4v) is 1.56. The minimum atomic E-state index is -0.493. The minimum Gasteiger partial charge on any atom is -0.483 e. The molecule has 1 aromatic carbocycles. The van der Waals surface area contributed by atoms with E-state index in [1.54, 1.807) is 19.9 Å². The number of nitrogens with zero attached hydrogens (tertiary/aromatic N) is 1. The lowest BCUT2D eigenvalue weighted by atomic mass is 10.1. The predicted molar refractivity (Wildman–Crippen MR) is 68.2 cm³/mol. The van der Waals surface area contributed by atoms with E-state index in [4.69, 9.17) is 9.84 Å². The molecule has 2 N–H and O–H groups in total. The molecule has 0 aliphatic rings. The van der Waals surface area contributed by atoms with Crippen molar-refractivity contribution in [3.05, 3.63) is 33.4 Å². The summed E-state index contributed by atoms with van der Waals surface area (Å²) in [5.41, 5.74) is 1.22. The molecule has 0 radical (unpaired) electrons. The molecule has 104 valence electrons. The molecule has 0 bridgehead atoms. The van der Waals surface area contributed by atoms with Gasteiger partial charge in [0.1, 0.15) is 5.75 Å². The molecule has 0 fully saturated rings. The van der Waals surface area contributed by atoms with Crippen molar-refractivity contribution in [2.24, 2.45) is 0 Å². The second kappa shape index (κ2) is 6.69. The molecule has 19 heavy (non-hydrogen) atoms. The number of nitro groups is 1. The van der Waals surface area contributed by atoms with Gasteiger partial charge < -0.3 is 15.2 Å². The summed E-state index contributed by atoms with van der Waals surface area (Å²) in [5, 5.41) is 21.8. The summed E-state index contributed by atoms with van der Waals surface area (Å²) < 4.78 is 5.24. The first-order chi connectivity index (χ1) is 8.95. The van der Waals surface area contributed by atoms with Gasteiger partial charge in [0.15, 0.2) is 6.61 Å². The molecule has 0 spiro atoms. The second-order valence-corrected chi connectivity index (χ2v) is 4.02. The Bertz CT molecular complexity index is 487. The summed E-state index contributed by atoms with van der Waals surface area (Å²) in [6, 6.07) is 2.95. The highest BCUT2D eigenvalue weighted by molar-refractivity contribution is 5.77. The third-order valence-corrected chi connectivity index (χ3v) is 2.48. The van der Waals surface area contributed by atoms with Crippen molar-refractivity contribution in [3.63, 3.8) is 0 Å². The Morgan fingerprint density at radius 2 is 2.11 bits per heavy atom. The van der Waals surface area contributed by atoms with E-state index in [1.807, 2.05) is 0 Å². The SMILES string of the molecule is Cc1cc(C)c([N+](=O)[O-])cc1OCC(=O)NCCO. The van der Waals surface area contributed by atoms with E-state index in [1.165, 1.54) is 6.07 Å². The summed E-state index contributed by atoms with van der Waals surface area (Å²) in [5.74, 6) is -0.0897. The Balaban J connectivity index is 2.75. The molecular weight excluding hydrogens is 252 g/mol. The van der Waals surface area contributed by atoms with Gasteiger partial charge in [-0.3, -0.25) is 14.9 Å². The molecule has 0 unspecified atom stereocenters. The maximum Gasteiger partial charge on any atom is 0.276 e. The Hall–Kier alpha value is -2.15. The number of hydrogen-bond donors (Lipinski definition) is 2. The summed E-state index contributed by atoms with van der Waals surface area (Å²) in [6.45, 7) is 3.14. The number of aliphatic hydroxyl groups excluding tert-OH is 1. The van der Waals surface area contributed by atoms with Crippen LogP contribution in [0.3, 0.4) is 0 Å². The number of nitro benzene ring substituents is 1. The zero-order valence-electron chi connectivity index (χ0n) is 10.8. The molecule has 1 rings (SSSR count). The maximum atomic E-state index is 11.3. The van der Waals surface area contributed by atoms with Crippen molar-refractivity contribution < 1.29 is 19.6 Å². The van der Waals surface area contributed by atoms with E-state index in [-0.39, 0.29) is 25.4 Å². The first kappa shape index (κ1) is 14.9. The van der Waals surface area contributed by atoms with Crippen LogP contribution in [0, 0.1) is 24.0 Å². The normalized spacial score (nSPS) is 10.1. The highest BCUT2D eigenvalue weighted by atomic mass is 16.6. The highest BCUT2D eigenvalue weighted by Gasteiger charge is 2.15. The van der Waals surface area contributed by atoms with Gasteiger partial charge >= 0.3 is 0 Å². The molecule has 0 aromatic heterocycles. The lowest BCUT2D eigenvalue weighted by molar-refractivity contribution is -0.385. The van der Waals surface area contributed by atoms with Gasteiger partial charge in [0.2, 0.25) is 0 Å². The minimum absolute atomic E-state index is 0.0450. The van der Waals surface area contributed by atoms with E-state index >= 15 is 0 Å². The number of rotatable bonds is 6. The number of amides is 1. The van der Waals surface area contributed by atoms with Gasteiger partial charge in [0, 0.05) is 12.1 Å². The lowest BCUT2D eigenvalue weighted by Gasteiger charge is -2.10. The van der Waals surface area contributed by atoms with E-state index in [0.717, 1.165) is 5.56 Å². The Labute approximate surface area is 110 Å². The van der Waals surface area contributed by atoms with E-state index in [9.17, 15) is 14.9 Å². The van der Waals surface area contributed by atoms with Gasteiger partial charge in [-0.2, -0.15) is 0 Å². The fraction of sp³-hybridized carbons (Fsp3) is 0.417. The predicted octanol–water partition coefficient (Wildman–Crippen LogP) is 0.699. The maximum absolute atomic E-state index is 11.3. The summed E-state index contributed by atoms with van der Waals surface area (Å²) in [6.07, 6.45) is 0. The molecule has 1 aromatic rings. The van der Waals surface area contributed by atoms with Gasteiger partial charge in [-0.25, -0.2) is 0 Å². The molecule has 0 saturated carbocycles. The zero-order chi connectivity index (χ0) is 14.4. The van der Waals surface area contributed by atoms with Crippen LogP contribution in [0.15, 0.2) is 12.1 Å². The molecule has 0 aliphatic carbocycles. The largest absolute Gasteiger partial charge is 0.483 e.